The third kappa shape index (κ3) is 4.23. The van der Waals surface area contributed by atoms with Crippen molar-refractivity contribution in [2.24, 2.45) is 5.10 Å². The summed E-state index contributed by atoms with van der Waals surface area (Å²) in [5.74, 6) is -0.0989. The number of hydrogen-bond donors (Lipinski definition) is 2. The zero-order valence-electron chi connectivity index (χ0n) is 18.8. The molecule has 5 aromatic rings. The van der Waals surface area contributed by atoms with E-state index < -0.39 is 0 Å². The molecule has 1 amide bonds. The minimum atomic E-state index is -0.299. The van der Waals surface area contributed by atoms with Gasteiger partial charge in [-0.25, -0.2) is 9.97 Å². The smallest absolute Gasteiger partial charge is 0.257 e. The number of para-hydroxylation sites is 2. The van der Waals surface area contributed by atoms with Crippen LogP contribution in [-0.2, 0) is 6.42 Å². The Balaban J connectivity index is 1.53. The van der Waals surface area contributed by atoms with Crippen molar-refractivity contribution in [3.05, 3.63) is 101 Å². The summed E-state index contributed by atoms with van der Waals surface area (Å²) < 4.78 is 1.49. The number of aryl methyl sites for hydroxylation is 1. The number of nitrogens with zero attached hydrogens (tertiary/aromatic N) is 4. The summed E-state index contributed by atoms with van der Waals surface area (Å²) in [7, 11) is 0. The molecule has 0 saturated heterocycles. The minimum absolute atomic E-state index is 0.200. The van der Waals surface area contributed by atoms with Gasteiger partial charge in [-0.3, -0.25) is 4.79 Å². The van der Waals surface area contributed by atoms with Crippen LogP contribution in [0.5, 0.6) is 0 Å². The van der Waals surface area contributed by atoms with Crippen LogP contribution in [0.3, 0.4) is 0 Å². The number of carbonyl (C=O) groups excluding carboxylic acids is 1. The normalized spacial score (nSPS) is 11.4. The highest BCUT2D eigenvalue weighted by molar-refractivity contribution is 6.10. The van der Waals surface area contributed by atoms with E-state index >= 15 is 0 Å². The lowest BCUT2D eigenvalue weighted by Crippen LogP contribution is -2.26. The van der Waals surface area contributed by atoms with Crippen molar-refractivity contribution in [1.29, 1.82) is 0 Å². The van der Waals surface area contributed by atoms with Gasteiger partial charge in [0.05, 0.1) is 17.2 Å². The van der Waals surface area contributed by atoms with Gasteiger partial charge in [-0.05, 0) is 36.6 Å². The molecule has 0 fully saturated rings. The molecule has 0 unspecified atom stereocenters. The minimum Gasteiger partial charge on any atom is -0.383 e. The van der Waals surface area contributed by atoms with E-state index in [1.54, 1.807) is 6.21 Å². The number of amides is 1. The average molecular weight is 449 g/mol. The molecule has 3 N–H and O–H groups in total. The summed E-state index contributed by atoms with van der Waals surface area (Å²) in [5.41, 5.74) is 12.2. The Kier molecular flexibility index (Phi) is 5.74. The first kappa shape index (κ1) is 21.3. The van der Waals surface area contributed by atoms with Crippen LogP contribution in [0.25, 0.3) is 22.2 Å². The van der Waals surface area contributed by atoms with Crippen LogP contribution >= 0.6 is 0 Å². The molecule has 0 radical (unpaired) electrons. The molecule has 0 bridgehead atoms. The average Bonchev–Trinajstić information content (AvgIpc) is 3.13. The molecule has 0 aliphatic carbocycles. The van der Waals surface area contributed by atoms with Crippen molar-refractivity contribution in [3.63, 3.8) is 0 Å². The Bertz CT molecular complexity index is 1500. The highest BCUT2D eigenvalue weighted by Gasteiger charge is 2.23. The van der Waals surface area contributed by atoms with E-state index in [1.807, 2.05) is 85.8 Å². The molecule has 3 aromatic carbocycles. The molecule has 2 aromatic heterocycles. The van der Waals surface area contributed by atoms with Gasteiger partial charge in [0.1, 0.15) is 16.9 Å². The van der Waals surface area contributed by atoms with Gasteiger partial charge in [0.15, 0.2) is 5.65 Å². The quantitative estimate of drug-likeness (QED) is 0.378. The molecule has 0 aliphatic rings. The summed E-state index contributed by atoms with van der Waals surface area (Å²) in [6.07, 6.45) is 2.41. The maximum atomic E-state index is 13.2. The predicted molar refractivity (Wildman–Crippen MR) is 136 cm³/mol. The van der Waals surface area contributed by atoms with E-state index in [-0.39, 0.29) is 17.3 Å². The van der Waals surface area contributed by atoms with E-state index in [9.17, 15) is 4.79 Å². The molecule has 0 aliphatic heterocycles. The van der Waals surface area contributed by atoms with Crippen molar-refractivity contribution in [2.45, 2.75) is 13.3 Å². The second-order valence-corrected chi connectivity index (χ2v) is 8.10. The number of fused-ring (bicyclic) bond motifs is 2. The van der Waals surface area contributed by atoms with Gasteiger partial charge >= 0.3 is 0 Å². The van der Waals surface area contributed by atoms with Crippen LogP contribution in [0.15, 0.2) is 84.0 Å². The van der Waals surface area contributed by atoms with Gasteiger partial charge in [0.25, 0.3) is 5.91 Å². The number of rotatable bonds is 6. The van der Waals surface area contributed by atoms with Crippen molar-refractivity contribution in [2.75, 3.05) is 12.3 Å². The molecule has 2 heterocycles. The molecule has 7 heteroatoms. The third-order valence-corrected chi connectivity index (χ3v) is 5.64. The number of anilines is 1. The highest BCUT2D eigenvalue weighted by atomic mass is 16.1. The molecule has 7 nitrogen and oxygen atoms in total. The molecule has 0 spiro atoms. The number of benzene rings is 3. The fourth-order valence-corrected chi connectivity index (χ4v) is 3.82. The van der Waals surface area contributed by atoms with E-state index in [0.29, 0.717) is 35.2 Å². The lowest BCUT2D eigenvalue weighted by atomic mass is 10.1. The largest absolute Gasteiger partial charge is 0.383 e. The van der Waals surface area contributed by atoms with Gasteiger partial charge < -0.3 is 11.1 Å². The van der Waals surface area contributed by atoms with Crippen LogP contribution in [-0.4, -0.2) is 33.3 Å². The Morgan fingerprint density at radius 1 is 0.971 bits per heavy atom. The fourth-order valence-electron chi connectivity index (χ4n) is 3.82. The van der Waals surface area contributed by atoms with Gasteiger partial charge in [-0.2, -0.15) is 9.78 Å². The topological polar surface area (TPSA) is 98.2 Å². The maximum Gasteiger partial charge on any atom is 0.257 e. The monoisotopic (exact) mass is 448 g/mol. The lowest BCUT2D eigenvalue weighted by Gasteiger charge is -2.05. The number of hydrogen-bond acceptors (Lipinski definition) is 5. The second-order valence-electron chi connectivity index (χ2n) is 8.10. The first-order chi connectivity index (χ1) is 16.6. The van der Waals surface area contributed by atoms with E-state index in [2.05, 4.69) is 10.4 Å². The van der Waals surface area contributed by atoms with Gasteiger partial charge in [-0.15, -0.1) is 0 Å². The van der Waals surface area contributed by atoms with Crippen LogP contribution < -0.4 is 11.1 Å². The molecule has 0 atom stereocenters. The van der Waals surface area contributed by atoms with Crippen LogP contribution in [0.1, 0.15) is 27.0 Å². The summed E-state index contributed by atoms with van der Waals surface area (Å²) in [4.78, 5) is 22.6. The zero-order valence-corrected chi connectivity index (χ0v) is 18.8. The third-order valence-electron chi connectivity index (χ3n) is 5.64. The van der Waals surface area contributed by atoms with Crippen molar-refractivity contribution < 1.29 is 4.79 Å². The standard InChI is InChI=1S/C27H24N6O/c1-18-11-13-20(14-12-18)17-30-33-25(28)23(27(34)29-16-15-19-7-3-2-4-8-19)24-26(33)32-22-10-6-5-9-21(22)31-24/h2-14,17H,15-16,28H2,1H3,(H,29,34)/b30-17-. The van der Waals surface area contributed by atoms with Crippen molar-refractivity contribution in [1.82, 2.24) is 20.0 Å². The van der Waals surface area contributed by atoms with Crippen molar-refractivity contribution >= 4 is 40.1 Å². The van der Waals surface area contributed by atoms with Gasteiger partial charge in [0, 0.05) is 6.54 Å². The Morgan fingerprint density at radius 3 is 2.38 bits per heavy atom. The lowest BCUT2D eigenvalue weighted by molar-refractivity contribution is 0.0956. The first-order valence-corrected chi connectivity index (χ1v) is 11.1. The summed E-state index contributed by atoms with van der Waals surface area (Å²) in [5, 5.41) is 7.53. The van der Waals surface area contributed by atoms with Crippen LogP contribution in [0.2, 0.25) is 0 Å². The number of aromatic nitrogens is 3. The maximum absolute atomic E-state index is 13.2. The summed E-state index contributed by atoms with van der Waals surface area (Å²) in [6, 6.07) is 25.5. The van der Waals surface area contributed by atoms with Crippen LogP contribution in [0, 0.1) is 6.92 Å². The number of nitrogens with one attached hydrogen (secondary N) is 1. The Labute approximate surface area is 197 Å². The molecular formula is C27H24N6O. The van der Waals surface area contributed by atoms with Gasteiger partial charge in [-0.1, -0.05) is 72.3 Å². The van der Waals surface area contributed by atoms with E-state index in [4.69, 9.17) is 15.7 Å². The molecular weight excluding hydrogens is 424 g/mol. The van der Waals surface area contributed by atoms with Gasteiger partial charge in [0.2, 0.25) is 0 Å². The SMILES string of the molecule is Cc1ccc(/C=N\n2c(N)c(C(=O)NCCc3ccccc3)c3nc4ccccc4nc32)cc1. The molecule has 168 valence electrons. The van der Waals surface area contributed by atoms with E-state index in [1.165, 1.54) is 4.68 Å². The second kappa shape index (κ2) is 9.15. The summed E-state index contributed by atoms with van der Waals surface area (Å²) >= 11 is 0. The molecule has 34 heavy (non-hydrogen) atoms. The predicted octanol–water partition coefficient (Wildman–Crippen LogP) is 4.33. The highest BCUT2D eigenvalue weighted by Crippen LogP contribution is 2.27. The fraction of sp³-hybridized carbons (Fsp3) is 0.111. The van der Waals surface area contributed by atoms with E-state index in [0.717, 1.165) is 16.7 Å². The Hall–Kier alpha value is -4.52. The number of nitrogen functional groups attached to an aromatic ring is 1. The van der Waals surface area contributed by atoms with Crippen molar-refractivity contribution in [3.8, 4) is 0 Å². The van der Waals surface area contributed by atoms with Crippen LogP contribution in [0.4, 0.5) is 5.82 Å². The number of nitrogens with two attached hydrogens (primary N) is 1. The molecule has 5 rings (SSSR count). The Morgan fingerprint density at radius 2 is 1.65 bits per heavy atom. The summed E-state index contributed by atoms with van der Waals surface area (Å²) in [6.45, 7) is 2.50. The first-order valence-electron chi connectivity index (χ1n) is 11.1. The zero-order chi connectivity index (χ0) is 23.5. The molecule has 0 saturated carbocycles. The number of carbonyl (C=O) groups is 1.